The van der Waals surface area contributed by atoms with Crippen LogP contribution in [0.3, 0.4) is 0 Å². The molecular weight excluding hydrogens is 361 g/mol. The summed E-state index contributed by atoms with van der Waals surface area (Å²) in [5.41, 5.74) is 0.602. The number of hydrogen-bond acceptors (Lipinski definition) is 3. The van der Waals surface area contributed by atoms with E-state index in [0.29, 0.717) is 5.69 Å². The highest BCUT2D eigenvalue weighted by molar-refractivity contribution is 9.10. The third-order valence-electron chi connectivity index (χ3n) is 3.63. The van der Waals surface area contributed by atoms with Crippen molar-refractivity contribution in [2.45, 2.75) is 11.7 Å². The number of amides is 1. The van der Waals surface area contributed by atoms with Gasteiger partial charge in [0.05, 0.1) is 5.69 Å². The molecule has 1 amide bonds. The summed E-state index contributed by atoms with van der Waals surface area (Å²) in [5, 5.41) is 0.443. The van der Waals surface area contributed by atoms with Crippen LogP contribution in [0.4, 0.5) is 9.57 Å². The second-order valence-electron chi connectivity index (χ2n) is 4.92. The molecule has 0 saturated carbocycles. The van der Waals surface area contributed by atoms with Crippen LogP contribution in [-0.4, -0.2) is 26.1 Å². The maximum atomic E-state index is 13.1. The van der Waals surface area contributed by atoms with Gasteiger partial charge < -0.3 is 4.90 Å². The van der Waals surface area contributed by atoms with Gasteiger partial charge in [0.1, 0.15) is 5.25 Å². The molecule has 2 aromatic carbocycles. The van der Waals surface area contributed by atoms with Crippen molar-refractivity contribution < 1.29 is 17.1 Å². The van der Waals surface area contributed by atoms with Gasteiger partial charge >= 0.3 is 10.2 Å². The zero-order valence-corrected chi connectivity index (χ0v) is 13.2. The van der Waals surface area contributed by atoms with Crippen molar-refractivity contribution in [2.24, 2.45) is 0 Å². The molecule has 0 aromatic heterocycles. The molecule has 1 unspecified atom stereocenters. The first-order chi connectivity index (χ1) is 9.88. The van der Waals surface area contributed by atoms with Gasteiger partial charge in [-0.2, -0.15) is 8.42 Å². The number of benzene rings is 2. The summed E-state index contributed by atoms with van der Waals surface area (Å²) in [5.74, 6) is -0.381. The van der Waals surface area contributed by atoms with E-state index in [9.17, 15) is 17.1 Å². The van der Waals surface area contributed by atoms with Crippen molar-refractivity contribution in [1.82, 2.24) is 0 Å². The van der Waals surface area contributed by atoms with Gasteiger partial charge in [0.2, 0.25) is 5.91 Å². The molecule has 0 bridgehead atoms. The average molecular weight is 372 g/mol. The normalized spacial score (nSPS) is 19.4. The van der Waals surface area contributed by atoms with Gasteiger partial charge in [0.15, 0.2) is 0 Å². The van der Waals surface area contributed by atoms with Gasteiger partial charge in [-0.3, -0.25) is 4.79 Å². The lowest BCUT2D eigenvalue weighted by atomic mass is 10.1. The minimum Gasteiger partial charge on any atom is -0.310 e. The van der Waals surface area contributed by atoms with E-state index in [4.69, 9.17) is 0 Å². The van der Waals surface area contributed by atoms with Crippen LogP contribution in [0.1, 0.15) is 6.42 Å². The minimum absolute atomic E-state index is 0.150. The van der Waals surface area contributed by atoms with Gasteiger partial charge in [-0.05, 0) is 17.5 Å². The Labute approximate surface area is 129 Å². The first-order valence-electron chi connectivity index (χ1n) is 6.29. The Bertz CT molecular complexity index is 837. The molecule has 4 nitrogen and oxygen atoms in total. The summed E-state index contributed by atoms with van der Waals surface area (Å²) in [7, 11) is -4.71. The first kappa shape index (κ1) is 14.5. The van der Waals surface area contributed by atoms with Crippen LogP contribution in [0.15, 0.2) is 40.9 Å². The average Bonchev–Trinajstić information content (AvgIpc) is 2.82. The standard InChI is InChI=1S/C14H11BrFNO3S/c15-12-5-6-13(11-4-2-1-3-10(11)12)17-8-9(7-14(17)18)21(16,19)20/h1-6,9H,7-8H2. The molecule has 21 heavy (non-hydrogen) atoms. The third-order valence-corrected chi connectivity index (χ3v) is 5.43. The highest BCUT2D eigenvalue weighted by Crippen LogP contribution is 2.35. The van der Waals surface area contributed by atoms with E-state index in [-0.39, 0.29) is 18.9 Å². The summed E-state index contributed by atoms with van der Waals surface area (Å²) in [6.07, 6.45) is -0.316. The Morgan fingerprint density at radius 1 is 1.14 bits per heavy atom. The molecule has 0 aliphatic carbocycles. The molecular formula is C14H11BrFNO3S. The fourth-order valence-electron chi connectivity index (χ4n) is 2.58. The number of fused-ring (bicyclic) bond motifs is 1. The molecule has 3 rings (SSSR count). The summed E-state index contributed by atoms with van der Waals surface area (Å²) in [4.78, 5) is 13.4. The molecule has 2 aromatic rings. The first-order valence-corrected chi connectivity index (χ1v) is 8.53. The molecule has 1 aliphatic rings. The van der Waals surface area contributed by atoms with Gasteiger partial charge in [-0.15, -0.1) is 3.89 Å². The lowest BCUT2D eigenvalue weighted by Crippen LogP contribution is -2.27. The van der Waals surface area contributed by atoms with E-state index >= 15 is 0 Å². The Morgan fingerprint density at radius 2 is 1.81 bits per heavy atom. The van der Waals surface area contributed by atoms with E-state index in [0.717, 1.165) is 15.2 Å². The van der Waals surface area contributed by atoms with Crippen molar-refractivity contribution in [3.8, 4) is 0 Å². The maximum absolute atomic E-state index is 13.1. The molecule has 110 valence electrons. The Kier molecular flexibility index (Phi) is 3.49. The third kappa shape index (κ3) is 2.55. The van der Waals surface area contributed by atoms with E-state index in [1.807, 2.05) is 24.3 Å². The highest BCUT2D eigenvalue weighted by Gasteiger charge is 2.39. The van der Waals surface area contributed by atoms with E-state index < -0.39 is 15.5 Å². The van der Waals surface area contributed by atoms with E-state index in [1.165, 1.54) is 4.90 Å². The van der Waals surface area contributed by atoms with Gasteiger partial charge in [-0.25, -0.2) is 0 Å². The van der Waals surface area contributed by atoms with Crippen molar-refractivity contribution in [3.63, 3.8) is 0 Å². The Hall–Kier alpha value is -1.47. The zero-order chi connectivity index (χ0) is 15.2. The van der Waals surface area contributed by atoms with Gasteiger partial charge in [0, 0.05) is 22.8 Å². The predicted octanol–water partition coefficient (Wildman–Crippen LogP) is 3.01. The number of hydrogen-bond donors (Lipinski definition) is 0. The van der Waals surface area contributed by atoms with Crippen molar-refractivity contribution in [2.75, 3.05) is 11.4 Å². The Balaban J connectivity index is 2.10. The SMILES string of the molecule is O=C1CC(S(=O)(=O)F)CN1c1ccc(Br)c2ccccc12. The zero-order valence-electron chi connectivity index (χ0n) is 10.8. The van der Waals surface area contributed by atoms with Crippen LogP contribution in [0.2, 0.25) is 0 Å². The molecule has 0 N–H and O–H groups in total. The van der Waals surface area contributed by atoms with E-state index in [1.54, 1.807) is 12.1 Å². The number of carbonyl (C=O) groups excluding carboxylic acids is 1. The summed E-state index contributed by atoms with van der Waals surface area (Å²) in [6.45, 7) is -0.150. The predicted molar refractivity (Wildman–Crippen MR) is 82.4 cm³/mol. The fraction of sp³-hybridized carbons (Fsp3) is 0.214. The molecule has 0 spiro atoms. The number of anilines is 1. The molecule has 1 aliphatic heterocycles. The highest BCUT2D eigenvalue weighted by atomic mass is 79.9. The Morgan fingerprint density at radius 3 is 2.43 bits per heavy atom. The van der Waals surface area contributed by atoms with Crippen molar-refractivity contribution in [3.05, 3.63) is 40.9 Å². The lowest BCUT2D eigenvalue weighted by Gasteiger charge is -2.19. The van der Waals surface area contributed by atoms with Crippen LogP contribution >= 0.6 is 15.9 Å². The summed E-state index contributed by atoms with van der Waals surface area (Å²) >= 11 is 3.44. The topological polar surface area (TPSA) is 54.5 Å². The smallest absolute Gasteiger partial charge is 0.307 e. The monoisotopic (exact) mass is 371 g/mol. The summed E-state index contributed by atoms with van der Waals surface area (Å²) in [6, 6.07) is 11.0. The second kappa shape index (κ2) is 5.06. The minimum atomic E-state index is -4.71. The lowest BCUT2D eigenvalue weighted by molar-refractivity contribution is -0.117. The number of halogens is 2. The number of rotatable bonds is 2. The van der Waals surface area contributed by atoms with Crippen LogP contribution in [0, 0.1) is 0 Å². The van der Waals surface area contributed by atoms with Gasteiger partial charge in [-0.1, -0.05) is 40.2 Å². The molecule has 1 heterocycles. The second-order valence-corrected chi connectivity index (χ2v) is 7.39. The number of carbonyl (C=O) groups is 1. The summed E-state index contributed by atoms with van der Waals surface area (Å²) < 4.78 is 36.0. The molecule has 1 saturated heterocycles. The van der Waals surface area contributed by atoms with Crippen LogP contribution in [-0.2, 0) is 15.0 Å². The molecule has 1 fully saturated rings. The largest absolute Gasteiger partial charge is 0.310 e. The van der Waals surface area contributed by atoms with Crippen LogP contribution in [0.25, 0.3) is 10.8 Å². The maximum Gasteiger partial charge on any atom is 0.307 e. The molecule has 1 atom stereocenters. The van der Waals surface area contributed by atoms with Crippen LogP contribution < -0.4 is 4.90 Å². The van der Waals surface area contributed by atoms with Crippen LogP contribution in [0.5, 0.6) is 0 Å². The van der Waals surface area contributed by atoms with Crippen molar-refractivity contribution >= 4 is 48.5 Å². The van der Waals surface area contributed by atoms with E-state index in [2.05, 4.69) is 15.9 Å². The van der Waals surface area contributed by atoms with Gasteiger partial charge in [0.25, 0.3) is 0 Å². The molecule has 7 heteroatoms. The number of nitrogens with zero attached hydrogens (tertiary/aromatic N) is 1. The quantitative estimate of drug-likeness (QED) is 0.762. The van der Waals surface area contributed by atoms with Crippen molar-refractivity contribution in [1.29, 1.82) is 0 Å². The fourth-order valence-corrected chi connectivity index (χ4v) is 3.72. The molecule has 0 radical (unpaired) electrons.